The number of aromatic amines is 1. The summed E-state index contributed by atoms with van der Waals surface area (Å²) in [4.78, 5) is 7.66. The van der Waals surface area contributed by atoms with E-state index in [-0.39, 0.29) is 0 Å². The van der Waals surface area contributed by atoms with Crippen molar-refractivity contribution in [2.45, 2.75) is 13.1 Å². The highest BCUT2D eigenvalue weighted by atomic mass is 19.4. The number of anilines is 3. The van der Waals surface area contributed by atoms with Crippen LogP contribution >= 0.6 is 0 Å². The van der Waals surface area contributed by atoms with E-state index in [0.717, 1.165) is 22.7 Å². The van der Waals surface area contributed by atoms with Gasteiger partial charge in [-0.2, -0.15) is 18.3 Å². The van der Waals surface area contributed by atoms with Crippen LogP contribution in [0.3, 0.4) is 0 Å². The van der Waals surface area contributed by atoms with E-state index < -0.39 is 11.9 Å². The Labute approximate surface area is 135 Å². The van der Waals surface area contributed by atoms with Gasteiger partial charge in [-0.3, -0.25) is 5.10 Å². The highest BCUT2D eigenvalue weighted by Crippen LogP contribution is 2.41. The third-order valence-corrected chi connectivity index (χ3v) is 4.17. The summed E-state index contributed by atoms with van der Waals surface area (Å²) in [6.45, 7) is 3.11. The number of nitrogens with zero attached hydrogens (tertiary/aromatic N) is 4. The van der Waals surface area contributed by atoms with Crippen LogP contribution in [0.1, 0.15) is 12.6 Å². The van der Waals surface area contributed by atoms with Crippen molar-refractivity contribution >= 4 is 28.1 Å². The second-order valence-corrected chi connectivity index (χ2v) is 5.60. The summed E-state index contributed by atoms with van der Waals surface area (Å²) in [5.74, 6) is 0.328. The molecule has 124 valence electrons. The Morgan fingerprint density at radius 3 is 2.79 bits per heavy atom. The fraction of sp³-hybridized carbons (Fsp3) is 0.250. The molecular formula is C16H14F3N5. The molecule has 1 aliphatic rings. The second-order valence-electron chi connectivity index (χ2n) is 5.60. The molecule has 3 heterocycles. The first-order valence-corrected chi connectivity index (χ1v) is 7.51. The maximum absolute atomic E-state index is 13.0. The van der Waals surface area contributed by atoms with Crippen molar-refractivity contribution in [3.8, 4) is 0 Å². The Morgan fingerprint density at radius 2 is 2.04 bits per heavy atom. The summed E-state index contributed by atoms with van der Waals surface area (Å²) in [6.07, 6.45) is -2.78. The molecule has 4 rings (SSSR count). The second kappa shape index (κ2) is 5.12. The lowest BCUT2D eigenvalue weighted by molar-refractivity contribution is -0.141. The van der Waals surface area contributed by atoms with Crippen LogP contribution in [-0.4, -0.2) is 28.4 Å². The lowest BCUT2D eigenvalue weighted by Crippen LogP contribution is -2.27. The average Bonchev–Trinajstić information content (AvgIpc) is 3.16. The third kappa shape index (κ3) is 2.26. The molecule has 0 fully saturated rings. The van der Waals surface area contributed by atoms with Crippen LogP contribution in [0.5, 0.6) is 0 Å². The largest absolute Gasteiger partial charge is 0.433 e. The first-order valence-electron chi connectivity index (χ1n) is 7.51. The van der Waals surface area contributed by atoms with E-state index >= 15 is 0 Å². The van der Waals surface area contributed by atoms with Crippen LogP contribution in [0.25, 0.3) is 10.9 Å². The molecule has 0 spiro atoms. The smallest absolute Gasteiger partial charge is 0.351 e. The summed E-state index contributed by atoms with van der Waals surface area (Å²) in [5, 5.41) is 7.73. The van der Waals surface area contributed by atoms with Crippen molar-refractivity contribution in [3.05, 3.63) is 42.2 Å². The van der Waals surface area contributed by atoms with Gasteiger partial charge in [0.2, 0.25) is 0 Å². The van der Waals surface area contributed by atoms with Gasteiger partial charge in [0.05, 0.1) is 24.1 Å². The minimum absolute atomic E-state index is 0.328. The number of rotatable bonds is 2. The molecule has 3 aromatic rings. The van der Waals surface area contributed by atoms with Gasteiger partial charge in [0.25, 0.3) is 0 Å². The zero-order valence-corrected chi connectivity index (χ0v) is 12.8. The molecule has 0 unspecified atom stereocenters. The summed E-state index contributed by atoms with van der Waals surface area (Å²) in [6, 6.07) is 8.13. The van der Waals surface area contributed by atoms with Gasteiger partial charge in [-0.05, 0) is 37.3 Å². The quantitative estimate of drug-likeness (QED) is 0.772. The van der Waals surface area contributed by atoms with Crippen LogP contribution in [0, 0.1) is 0 Å². The fourth-order valence-corrected chi connectivity index (χ4v) is 2.93. The van der Waals surface area contributed by atoms with Crippen molar-refractivity contribution in [3.63, 3.8) is 0 Å². The van der Waals surface area contributed by atoms with Gasteiger partial charge in [-0.25, -0.2) is 4.98 Å². The van der Waals surface area contributed by atoms with Crippen molar-refractivity contribution < 1.29 is 13.2 Å². The molecule has 0 atom stereocenters. The maximum Gasteiger partial charge on any atom is 0.433 e. The minimum Gasteiger partial charge on any atom is -0.351 e. The number of benzene rings is 1. The molecule has 0 aliphatic carbocycles. The number of H-pyrrole nitrogens is 1. The number of alkyl halides is 3. The van der Waals surface area contributed by atoms with Crippen LogP contribution in [0.4, 0.5) is 30.4 Å². The van der Waals surface area contributed by atoms with Gasteiger partial charge in [-0.15, -0.1) is 0 Å². The third-order valence-electron chi connectivity index (χ3n) is 4.17. The summed E-state index contributed by atoms with van der Waals surface area (Å²) < 4.78 is 39.1. The average molecular weight is 333 g/mol. The molecule has 5 nitrogen and oxygen atoms in total. The SMILES string of the molecule is CCN1CN(c2ccc3[nH]ncc3c2)c2nc(C(F)(F)F)ccc21. The van der Waals surface area contributed by atoms with E-state index in [1.165, 1.54) is 6.07 Å². The number of pyridine rings is 1. The van der Waals surface area contributed by atoms with Crippen molar-refractivity contribution in [2.75, 3.05) is 23.0 Å². The lowest BCUT2D eigenvalue weighted by atomic mass is 10.2. The molecule has 0 bridgehead atoms. The molecule has 8 heteroatoms. The van der Waals surface area contributed by atoms with Crippen LogP contribution in [0.15, 0.2) is 36.5 Å². The molecule has 0 saturated carbocycles. The molecule has 24 heavy (non-hydrogen) atoms. The topological polar surface area (TPSA) is 48.0 Å². The highest BCUT2D eigenvalue weighted by Gasteiger charge is 2.36. The number of halogens is 3. The van der Waals surface area contributed by atoms with Crippen molar-refractivity contribution in [2.24, 2.45) is 0 Å². The van der Waals surface area contributed by atoms with E-state index in [1.807, 2.05) is 30.0 Å². The molecule has 0 radical (unpaired) electrons. The Morgan fingerprint density at radius 1 is 1.21 bits per heavy atom. The Kier molecular flexibility index (Phi) is 3.16. The van der Waals surface area contributed by atoms with E-state index in [9.17, 15) is 13.2 Å². The Hall–Kier alpha value is -2.77. The zero-order valence-electron chi connectivity index (χ0n) is 12.8. The first-order chi connectivity index (χ1) is 11.5. The van der Waals surface area contributed by atoms with Crippen molar-refractivity contribution in [1.82, 2.24) is 15.2 Å². The summed E-state index contributed by atoms with van der Waals surface area (Å²) >= 11 is 0. The van der Waals surface area contributed by atoms with E-state index in [0.29, 0.717) is 24.7 Å². The molecule has 1 aromatic carbocycles. The Balaban J connectivity index is 1.83. The summed E-state index contributed by atoms with van der Waals surface area (Å²) in [5.41, 5.74) is 1.49. The minimum atomic E-state index is -4.46. The fourth-order valence-electron chi connectivity index (χ4n) is 2.93. The molecule has 2 aromatic heterocycles. The van der Waals surface area contributed by atoms with Gasteiger partial charge in [0.1, 0.15) is 5.69 Å². The lowest BCUT2D eigenvalue weighted by Gasteiger charge is -2.20. The van der Waals surface area contributed by atoms with E-state index in [1.54, 1.807) is 11.1 Å². The van der Waals surface area contributed by atoms with Crippen LogP contribution in [-0.2, 0) is 6.18 Å². The predicted octanol–water partition coefficient (Wildman–Crippen LogP) is 3.91. The number of aromatic nitrogens is 3. The number of hydrogen-bond donors (Lipinski definition) is 1. The summed E-state index contributed by atoms with van der Waals surface area (Å²) in [7, 11) is 0. The molecule has 0 amide bonds. The standard InChI is InChI=1S/C16H14F3N5/c1-2-23-9-24(11-3-4-12-10(7-11)8-20-22-12)15-13(23)5-6-14(21-15)16(17,18)19/h3-8H,2,9H2,1H3,(H,20,22). The van der Waals surface area contributed by atoms with Gasteiger partial charge in [0.15, 0.2) is 5.82 Å². The number of hydrogen-bond acceptors (Lipinski definition) is 4. The highest BCUT2D eigenvalue weighted by molar-refractivity contribution is 5.86. The zero-order chi connectivity index (χ0) is 16.9. The molecule has 0 saturated heterocycles. The van der Waals surface area contributed by atoms with Gasteiger partial charge < -0.3 is 9.80 Å². The van der Waals surface area contributed by atoms with Crippen molar-refractivity contribution in [1.29, 1.82) is 0 Å². The van der Waals surface area contributed by atoms with Gasteiger partial charge in [-0.1, -0.05) is 0 Å². The Bertz CT molecular complexity index is 902. The van der Waals surface area contributed by atoms with Crippen LogP contribution in [0.2, 0.25) is 0 Å². The van der Waals surface area contributed by atoms with Crippen LogP contribution < -0.4 is 9.80 Å². The first kappa shape index (κ1) is 14.8. The van der Waals surface area contributed by atoms with Gasteiger partial charge in [0, 0.05) is 17.6 Å². The number of nitrogens with one attached hydrogen (secondary N) is 1. The van der Waals surface area contributed by atoms with E-state index in [2.05, 4.69) is 15.2 Å². The van der Waals surface area contributed by atoms with Gasteiger partial charge >= 0.3 is 6.18 Å². The molecular weight excluding hydrogens is 319 g/mol. The maximum atomic E-state index is 13.0. The van der Waals surface area contributed by atoms with E-state index in [4.69, 9.17) is 0 Å². The molecule has 1 N–H and O–H groups in total. The monoisotopic (exact) mass is 333 g/mol. The number of fused-ring (bicyclic) bond motifs is 2. The molecule has 1 aliphatic heterocycles. The predicted molar refractivity (Wildman–Crippen MR) is 85.4 cm³/mol. The normalized spacial score (nSPS) is 14.5.